The van der Waals surface area contributed by atoms with Crippen molar-refractivity contribution in [3.8, 4) is 11.5 Å². The van der Waals surface area contributed by atoms with Crippen LogP contribution in [0.5, 0.6) is 11.5 Å². The van der Waals surface area contributed by atoms with Gasteiger partial charge in [-0.15, -0.1) is 24.8 Å². The van der Waals surface area contributed by atoms with Crippen LogP contribution < -0.4 is 15.4 Å². The first-order chi connectivity index (χ1) is 10.3. The van der Waals surface area contributed by atoms with E-state index in [4.69, 9.17) is 4.74 Å². The van der Waals surface area contributed by atoms with Gasteiger partial charge in [-0.2, -0.15) is 0 Å². The first kappa shape index (κ1) is 21.2. The van der Waals surface area contributed by atoms with E-state index in [-0.39, 0.29) is 30.7 Å². The predicted molar refractivity (Wildman–Crippen MR) is 96.1 cm³/mol. The van der Waals surface area contributed by atoms with Crippen LogP contribution in [0.1, 0.15) is 17.3 Å². The van der Waals surface area contributed by atoms with Gasteiger partial charge in [0.25, 0.3) is 5.91 Å². The number of carbonyl (C=O) groups excluding carboxylic acids is 1. The number of aromatic nitrogens is 1. The third kappa shape index (κ3) is 7.32. The second-order valence-electron chi connectivity index (χ2n) is 4.42. The van der Waals surface area contributed by atoms with Crippen LogP contribution in [0.3, 0.4) is 0 Å². The molecule has 0 aliphatic rings. The Morgan fingerprint density at radius 3 is 2.43 bits per heavy atom. The summed E-state index contributed by atoms with van der Waals surface area (Å²) in [5.74, 6) is 1.26. The van der Waals surface area contributed by atoms with Crippen LogP contribution in [0, 0.1) is 0 Å². The lowest BCUT2D eigenvalue weighted by Crippen LogP contribution is -2.31. The molecule has 1 aromatic carbocycles. The molecule has 1 amide bonds. The summed E-state index contributed by atoms with van der Waals surface area (Å²) in [6.45, 7) is 4.31. The zero-order valence-corrected chi connectivity index (χ0v) is 14.5. The van der Waals surface area contributed by atoms with E-state index >= 15 is 0 Å². The van der Waals surface area contributed by atoms with Crippen LogP contribution >= 0.6 is 24.8 Å². The molecule has 0 saturated carbocycles. The van der Waals surface area contributed by atoms with Gasteiger partial charge in [0.1, 0.15) is 11.5 Å². The lowest BCUT2D eigenvalue weighted by atomic mass is 10.2. The van der Waals surface area contributed by atoms with Crippen LogP contribution in [-0.2, 0) is 0 Å². The van der Waals surface area contributed by atoms with Gasteiger partial charge < -0.3 is 15.4 Å². The lowest BCUT2D eigenvalue weighted by molar-refractivity contribution is 0.0954. The number of carbonyl (C=O) groups is 1. The average Bonchev–Trinajstić information content (AvgIpc) is 2.53. The van der Waals surface area contributed by atoms with E-state index in [1.807, 2.05) is 19.1 Å². The Bertz CT molecular complexity index is 565. The number of rotatable bonds is 7. The fourth-order valence-electron chi connectivity index (χ4n) is 1.76. The number of nitrogens with one attached hydrogen (secondary N) is 2. The Hall–Kier alpha value is -1.82. The third-order valence-corrected chi connectivity index (χ3v) is 2.82. The Morgan fingerprint density at radius 2 is 1.83 bits per heavy atom. The second-order valence-corrected chi connectivity index (χ2v) is 4.42. The molecule has 23 heavy (non-hydrogen) atoms. The first-order valence-electron chi connectivity index (χ1n) is 6.96. The van der Waals surface area contributed by atoms with Crippen molar-refractivity contribution >= 4 is 30.7 Å². The highest BCUT2D eigenvalue weighted by atomic mass is 35.5. The molecule has 0 aliphatic carbocycles. The minimum atomic E-state index is -0.0826. The molecule has 0 unspecified atom stereocenters. The van der Waals surface area contributed by atoms with Crippen molar-refractivity contribution in [3.05, 3.63) is 54.4 Å². The summed E-state index contributed by atoms with van der Waals surface area (Å²) in [7, 11) is 0. The van der Waals surface area contributed by atoms with E-state index in [1.165, 1.54) is 0 Å². The van der Waals surface area contributed by atoms with Crippen molar-refractivity contribution in [2.75, 3.05) is 19.6 Å². The highest BCUT2D eigenvalue weighted by molar-refractivity contribution is 5.94. The maximum Gasteiger partial charge on any atom is 0.251 e. The number of benzene rings is 1. The summed E-state index contributed by atoms with van der Waals surface area (Å²) in [6.07, 6.45) is 3.33. The molecule has 0 saturated heterocycles. The molecule has 7 heteroatoms. The molecule has 0 bridgehead atoms. The van der Waals surface area contributed by atoms with Crippen molar-refractivity contribution in [2.24, 2.45) is 0 Å². The van der Waals surface area contributed by atoms with Crippen LogP contribution in [0.25, 0.3) is 0 Å². The molecule has 0 atom stereocenters. The van der Waals surface area contributed by atoms with Gasteiger partial charge in [-0.25, -0.2) is 0 Å². The summed E-state index contributed by atoms with van der Waals surface area (Å²) < 4.78 is 5.62. The average molecular weight is 358 g/mol. The fourth-order valence-corrected chi connectivity index (χ4v) is 1.76. The smallest absolute Gasteiger partial charge is 0.251 e. The van der Waals surface area contributed by atoms with Crippen LogP contribution in [0.15, 0.2) is 48.8 Å². The zero-order chi connectivity index (χ0) is 14.9. The number of nitrogens with zero attached hydrogens (tertiary/aromatic N) is 1. The molecule has 2 aromatic rings. The molecular weight excluding hydrogens is 337 g/mol. The fraction of sp³-hybridized carbons (Fsp3) is 0.250. The van der Waals surface area contributed by atoms with Crippen LogP contribution in [-0.4, -0.2) is 30.5 Å². The molecule has 0 aliphatic heterocycles. The summed E-state index contributed by atoms with van der Waals surface area (Å²) in [6, 6.07) is 10.7. The van der Waals surface area contributed by atoms with E-state index in [0.717, 1.165) is 13.1 Å². The van der Waals surface area contributed by atoms with Gasteiger partial charge in [0, 0.05) is 24.8 Å². The number of amides is 1. The number of halogens is 2. The Balaban J connectivity index is 0.00000242. The van der Waals surface area contributed by atoms with Crippen molar-refractivity contribution in [1.82, 2.24) is 15.6 Å². The molecular formula is C16H21Cl2N3O2. The maximum atomic E-state index is 11.9. The molecule has 5 nitrogen and oxygen atoms in total. The van der Waals surface area contributed by atoms with Gasteiger partial charge in [-0.3, -0.25) is 9.78 Å². The summed E-state index contributed by atoms with van der Waals surface area (Å²) in [5, 5.41) is 6.00. The highest BCUT2D eigenvalue weighted by Gasteiger charge is 2.05. The van der Waals surface area contributed by atoms with E-state index < -0.39 is 0 Å². The minimum Gasteiger partial charge on any atom is -0.456 e. The third-order valence-electron chi connectivity index (χ3n) is 2.82. The highest BCUT2D eigenvalue weighted by Crippen LogP contribution is 2.20. The number of hydrogen-bond donors (Lipinski definition) is 2. The minimum absolute atomic E-state index is 0. The van der Waals surface area contributed by atoms with E-state index in [2.05, 4.69) is 15.6 Å². The number of pyridine rings is 1. The zero-order valence-electron chi connectivity index (χ0n) is 12.8. The van der Waals surface area contributed by atoms with Crippen molar-refractivity contribution in [3.63, 3.8) is 0 Å². The van der Waals surface area contributed by atoms with Crippen molar-refractivity contribution in [2.45, 2.75) is 6.92 Å². The molecule has 0 spiro atoms. The van der Waals surface area contributed by atoms with E-state index in [1.54, 1.807) is 36.7 Å². The summed E-state index contributed by atoms with van der Waals surface area (Å²) in [4.78, 5) is 15.9. The number of hydrogen-bond acceptors (Lipinski definition) is 4. The van der Waals surface area contributed by atoms with E-state index in [9.17, 15) is 4.79 Å². The summed E-state index contributed by atoms with van der Waals surface area (Å²) >= 11 is 0. The van der Waals surface area contributed by atoms with E-state index in [0.29, 0.717) is 23.6 Å². The van der Waals surface area contributed by atoms with Crippen LogP contribution in [0.2, 0.25) is 0 Å². The topological polar surface area (TPSA) is 63.2 Å². The maximum absolute atomic E-state index is 11.9. The van der Waals surface area contributed by atoms with Gasteiger partial charge >= 0.3 is 0 Å². The molecule has 2 N–H and O–H groups in total. The largest absolute Gasteiger partial charge is 0.456 e. The molecule has 1 heterocycles. The Labute approximate surface area is 148 Å². The normalized spacial score (nSPS) is 9.26. The molecule has 1 aromatic heterocycles. The van der Waals surface area contributed by atoms with Gasteiger partial charge in [0.2, 0.25) is 0 Å². The lowest BCUT2D eigenvalue weighted by Gasteiger charge is -2.07. The monoisotopic (exact) mass is 357 g/mol. The Kier molecular flexibility index (Phi) is 10.8. The molecule has 0 radical (unpaired) electrons. The van der Waals surface area contributed by atoms with Gasteiger partial charge in [0.05, 0.1) is 6.20 Å². The molecule has 2 rings (SSSR count). The van der Waals surface area contributed by atoms with Crippen LogP contribution in [0.4, 0.5) is 0 Å². The number of ether oxygens (including phenoxy) is 1. The molecule has 0 fully saturated rings. The van der Waals surface area contributed by atoms with Crippen molar-refractivity contribution < 1.29 is 9.53 Å². The SMILES string of the molecule is CCNCCNC(=O)c1ccc(Oc2cccnc2)cc1.Cl.Cl. The predicted octanol–water partition coefficient (Wildman–Crippen LogP) is 3.06. The number of likely N-dealkylation sites (N-methyl/N-ethyl adjacent to an activating group) is 1. The van der Waals surface area contributed by atoms with Gasteiger partial charge in [0.15, 0.2) is 0 Å². The first-order valence-corrected chi connectivity index (χ1v) is 6.96. The second kappa shape index (κ2) is 11.7. The molecule has 126 valence electrons. The summed E-state index contributed by atoms with van der Waals surface area (Å²) in [5.41, 5.74) is 0.616. The Morgan fingerprint density at radius 1 is 1.09 bits per heavy atom. The van der Waals surface area contributed by atoms with Gasteiger partial charge in [-0.05, 0) is 42.9 Å². The van der Waals surface area contributed by atoms with Crippen molar-refractivity contribution in [1.29, 1.82) is 0 Å². The van der Waals surface area contributed by atoms with Gasteiger partial charge in [-0.1, -0.05) is 6.92 Å². The standard InChI is InChI=1S/C16H19N3O2.2ClH/c1-2-17-10-11-19-16(20)13-5-7-14(8-6-13)21-15-4-3-9-18-12-15;;/h3-9,12,17H,2,10-11H2,1H3,(H,19,20);2*1H. The quantitative estimate of drug-likeness (QED) is 0.747.